The molecule has 0 aromatic heterocycles. The molecule has 2 aromatic carbocycles. The van der Waals surface area contributed by atoms with Crippen molar-refractivity contribution < 1.29 is 19.1 Å². The molecule has 0 aliphatic carbocycles. The fraction of sp³-hybridized carbons (Fsp3) is 0.364. The van der Waals surface area contributed by atoms with Gasteiger partial charge < -0.3 is 20.1 Å². The highest BCUT2D eigenvalue weighted by molar-refractivity contribution is 6.04. The molecule has 1 aliphatic heterocycles. The quantitative estimate of drug-likeness (QED) is 0.770. The lowest BCUT2D eigenvalue weighted by Crippen LogP contribution is -2.34. The van der Waals surface area contributed by atoms with E-state index in [0.717, 1.165) is 25.0 Å². The molecule has 0 radical (unpaired) electrons. The van der Waals surface area contributed by atoms with E-state index in [4.69, 9.17) is 9.47 Å². The average Bonchev–Trinajstić information content (AvgIpc) is 3.22. The Bertz CT molecular complexity index is 831. The number of para-hydroxylation sites is 2. The number of anilines is 1. The minimum atomic E-state index is -0.705. The number of nitrogens with one attached hydrogen (secondary N) is 2. The van der Waals surface area contributed by atoms with E-state index in [1.807, 2.05) is 31.2 Å². The van der Waals surface area contributed by atoms with Crippen LogP contribution in [0.1, 0.15) is 35.7 Å². The third-order valence-electron chi connectivity index (χ3n) is 4.71. The first-order valence-electron chi connectivity index (χ1n) is 9.56. The van der Waals surface area contributed by atoms with Crippen LogP contribution in [0.3, 0.4) is 0 Å². The molecule has 2 N–H and O–H groups in total. The van der Waals surface area contributed by atoms with Crippen molar-refractivity contribution in [3.8, 4) is 5.75 Å². The van der Waals surface area contributed by atoms with Crippen molar-refractivity contribution in [2.75, 3.05) is 18.5 Å². The highest BCUT2D eigenvalue weighted by Gasteiger charge is 2.20. The smallest absolute Gasteiger partial charge is 0.265 e. The van der Waals surface area contributed by atoms with Gasteiger partial charge in [-0.05, 0) is 50.5 Å². The van der Waals surface area contributed by atoms with Crippen molar-refractivity contribution in [3.63, 3.8) is 0 Å². The van der Waals surface area contributed by atoms with E-state index in [0.29, 0.717) is 23.5 Å². The summed E-state index contributed by atoms with van der Waals surface area (Å²) in [4.78, 5) is 25.1. The van der Waals surface area contributed by atoms with Gasteiger partial charge in [0.15, 0.2) is 6.10 Å². The minimum absolute atomic E-state index is 0.0632. The van der Waals surface area contributed by atoms with Crippen LogP contribution in [0.5, 0.6) is 5.75 Å². The summed E-state index contributed by atoms with van der Waals surface area (Å²) in [5.74, 6) is 0.106. The van der Waals surface area contributed by atoms with Gasteiger partial charge in [0.05, 0.1) is 17.4 Å². The summed E-state index contributed by atoms with van der Waals surface area (Å²) in [5.41, 5.74) is 1.82. The molecule has 1 aliphatic rings. The largest absolute Gasteiger partial charge is 0.481 e. The van der Waals surface area contributed by atoms with E-state index in [1.54, 1.807) is 31.2 Å². The Hall–Kier alpha value is -2.86. The highest BCUT2D eigenvalue weighted by atomic mass is 16.5. The molecule has 2 atom stereocenters. The first kappa shape index (κ1) is 19.9. The predicted octanol–water partition coefficient (Wildman–Crippen LogP) is 3.31. The summed E-state index contributed by atoms with van der Waals surface area (Å²) < 4.78 is 11.3. The molecule has 148 valence electrons. The van der Waals surface area contributed by atoms with E-state index in [2.05, 4.69) is 10.6 Å². The van der Waals surface area contributed by atoms with Crippen LogP contribution in [0.2, 0.25) is 0 Å². The zero-order valence-corrected chi connectivity index (χ0v) is 16.2. The second kappa shape index (κ2) is 9.37. The Morgan fingerprint density at radius 1 is 1.18 bits per heavy atom. The van der Waals surface area contributed by atoms with Crippen LogP contribution in [0.25, 0.3) is 0 Å². The van der Waals surface area contributed by atoms with Crippen molar-refractivity contribution in [3.05, 3.63) is 59.7 Å². The molecule has 1 heterocycles. The number of hydrogen-bond donors (Lipinski definition) is 2. The van der Waals surface area contributed by atoms with Crippen molar-refractivity contribution >= 4 is 17.5 Å². The van der Waals surface area contributed by atoms with Crippen molar-refractivity contribution in [2.45, 2.75) is 38.9 Å². The number of carbonyl (C=O) groups excluding carboxylic acids is 2. The molecule has 0 saturated carbocycles. The Balaban J connectivity index is 1.62. The second-order valence-electron chi connectivity index (χ2n) is 6.91. The first-order valence-corrected chi connectivity index (χ1v) is 9.56. The van der Waals surface area contributed by atoms with Gasteiger partial charge in [-0.1, -0.05) is 30.3 Å². The molecule has 6 heteroatoms. The molecule has 3 rings (SSSR count). The van der Waals surface area contributed by atoms with Gasteiger partial charge in [-0.3, -0.25) is 9.59 Å². The fourth-order valence-corrected chi connectivity index (χ4v) is 3.06. The van der Waals surface area contributed by atoms with Crippen LogP contribution in [-0.2, 0) is 9.53 Å². The summed E-state index contributed by atoms with van der Waals surface area (Å²) in [7, 11) is 0. The molecule has 0 bridgehead atoms. The number of amides is 2. The standard InChI is InChI=1S/C22H26N2O4/c1-15-8-3-6-12-20(15)28-16(2)21(25)24-19-11-5-4-10-18(19)22(26)23-14-17-9-7-13-27-17/h3-6,8,10-12,16-17H,7,9,13-14H2,1-2H3,(H,23,26)(H,24,25)/t16-,17+/m1/s1. The van der Waals surface area contributed by atoms with Gasteiger partial charge in [0.25, 0.3) is 11.8 Å². The van der Waals surface area contributed by atoms with Crippen LogP contribution in [0.4, 0.5) is 5.69 Å². The molecular weight excluding hydrogens is 356 g/mol. The molecule has 1 fully saturated rings. The molecule has 0 unspecified atom stereocenters. The zero-order chi connectivity index (χ0) is 19.9. The van der Waals surface area contributed by atoms with Gasteiger partial charge >= 0.3 is 0 Å². The van der Waals surface area contributed by atoms with Gasteiger partial charge in [0, 0.05) is 13.2 Å². The first-order chi connectivity index (χ1) is 13.5. The SMILES string of the molecule is Cc1ccccc1O[C@H](C)C(=O)Nc1ccccc1C(=O)NC[C@@H]1CCCO1. The fourth-order valence-electron chi connectivity index (χ4n) is 3.06. The number of benzene rings is 2. The summed E-state index contributed by atoms with van der Waals surface area (Å²) in [6, 6.07) is 14.5. The topological polar surface area (TPSA) is 76.7 Å². The monoisotopic (exact) mass is 382 g/mol. The molecule has 2 amide bonds. The molecule has 6 nitrogen and oxygen atoms in total. The van der Waals surface area contributed by atoms with Crippen LogP contribution in [-0.4, -0.2) is 37.2 Å². The number of carbonyl (C=O) groups is 2. The van der Waals surface area contributed by atoms with Crippen LogP contribution < -0.4 is 15.4 Å². The van der Waals surface area contributed by atoms with Crippen LogP contribution in [0.15, 0.2) is 48.5 Å². The number of aryl methyl sites for hydroxylation is 1. The zero-order valence-electron chi connectivity index (χ0n) is 16.2. The van der Waals surface area contributed by atoms with E-state index >= 15 is 0 Å². The lowest BCUT2D eigenvalue weighted by atomic mass is 10.1. The predicted molar refractivity (Wildman–Crippen MR) is 108 cm³/mol. The van der Waals surface area contributed by atoms with E-state index in [1.165, 1.54) is 0 Å². The Morgan fingerprint density at radius 2 is 1.93 bits per heavy atom. The molecule has 0 spiro atoms. The number of rotatable bonds is 7. The Kier molecular flexibility index (Phi) is 6.66. The lowest BCUT2D eigenvalue weighted by molar-refractivity contribution is -0.122. The molecule has 28 heavy (non-hydrogen) atoms. The van der Waals surface area contributed by atoms with E-state index in [-0.39, 0.29) is 17.9 Å². The maximum Gasteiger partial charge on any atom is 0.265 e. The third kappa shape index (κ3) is 5.10. The number of hydrogen-bond acceptors (Lipinski definition) is 4. The van der Waals surface area contributed by atoms with Gasteiger partial charge in [-0.25, -0.2) is 0 Å². The van der Waals surface area contributed by atoms with Crippen molar-refractivity contribution in [1.82, 2.24) is 5.32 Å². The second-order valence-corrected chi connectivity index (χ2v) is 6.91. The van der Waals surface area contributed by atoms with Crippen molar-refractivity contribution in [2.24, 2.45) is 0 Å². The maximum absolute atomic E-state index is 12.6. The van der Waals surface area contributed by atoms with Crippen LogP contribution in [0, 0.1) is 6.92 Å². The Morgan fingerprint density at radius 3 is 2.68 bits per heavy atom. The third-order valence-corrected chi connectivity index (χ3v) is 4.71. The van der Waals surface area contributed by atoms with Crippen LogP contribution >= 0.6 is 0 Å². The van der Waals surface area contributed by atoms with E-state index < -0.39 is 6.10 Å². The van der Waals surface area contributed by atoms with Gasteiger partial charge in [-0.2, -0.15) is 0 Å². The lowest BCUT2D eigenvalue weighted by Gasteiger charge is -2.18. The maximum atomic E-state index is 12.6. The summed E-state index contributed by atoms with van der Waals surface area (Å²) in [6.45, 7) is 4.81. The normalized spacial score (nSPS) is 17.0. The molecule has 1 saturated heterocycles. The summed E-state index contributed by atoms with van der Waals surface area (Å²) >= 11 is 0. The summed E-state index contributed by atoms with van der Waals surface area (Å²) in [6.07, 6.45) is 1.33. The summed E-state index contributed by atoms with van der Waals surface area (Å²) in [5, 5.41) is 5.69. The van der Waals surface area contributed by atoms with Gasteiger partial charge in [0.1, 0.15) is 5.75 Å². The van der Waals surface area contributed by atoms with E-state index in [9.17, 15) is 9.59 Å². The van der Waals surface area contributed by atoms with Gasteiger partial charge in [0.2, 0.25) is 0 Å². The minimum Gasteiger partial charge on any atom is -0.481 e. The number of ether oxygens (including phenoxy) is 2. The Labute approximate surface area is 165 Å². The average molecular weight is 382 g/mol. The van der Waals surface area contributed by atoms with Crippen molar-refractivity contribution in [1.29, 1.82) is 0 Å². The molecular formula is C22H26N2O4. The highest BCUT2D eigenvalue weighted by Crippen LogP contribution is 2.20. The molecule has 2 aromatic rings. The van der Waals surface area contributed by atoms with Gasteiger partial charge in [-0.15, -0.1) is 0 Å².